The molecule has 31 heavy (non-hydrogen) atoms. The van der Waals surface area contributed by atoms with Crippen LogP contribution in [0.2, 0.25) is 0 Å². The number of carbonyl (C=O) groups excluding carboxylic acids is 1. The van der Waals surface area contributed by atoms with E-state index < -0.39 is 0 Å². The summed E-state index contributed by atoms with van der Waals surface area (Å²) in [5.74, 6) is 0.629. The summed E-state index contributed by atoms with van der Waals surface area (Å²) in [5, 5.41) is 3.62. The highest BCUT2D eigenvalue weighted by molar-refractivity contribution is 7.98. The lowest BCUT2D eigenvalue weighted by Crippen LogP contribution is -2.22. The lowest BCUT2D eigenvalue weighted by Gasteiger charge is -2.19. The number of imidazole rings is 1. The van der Waals surface area contributed by atoms with E-state index in [9.17, 15) is 4.79 Å². The lowest BCUT2D eigenvalue weighted by molar-refractivity contribution is -0.115. The van der Waals surface area contributed by atoms with E-state index in [4.69, 9.17) is 4.98 Å². The van der Waals surface area contributed by atoms with E-state index in [1.807, 2.05) is 36.0 Å². The number of carbonyl (C=O) groups is 1. The van der Waals surface area contributed by atoms with Gasteiger partial charge in [0, 0.05) is 36.1 Å². The van der Waals surface area contributed by atoms with Crippen molar-refractivity contribution in [1.29, 1.82) is 0 Å². The van der Waals surface area contributed by atoms with E-state index in [0.29, 0.717) is 10.9 Å². The van der Waals surface area contributed by atoms with Crippen LogP contribution in [0.1, 0.15) is 29.3 Å². The molecule has 0 unspecified atom stereocenters. The Morgan fingerprint density at radius 2 is 1.97 bits per heavy atom. The van der Waals surface area contributed by atoms with Crippen molar-refractivity contribution >= 4 is 39.8 Å². The molecule has 0 aliphatic heterocycles. The first-order valence-electron chi connectivity index (χ1n) is 9.98. The van der Waals surface area contributed by atoms with Crippen molar-refractivity contribution in [1.82, 2.24) is 14.5 Å². The van der Waals surface area contributed by atoms with E-state index in [1.54, 1.807) is 23.6 Å². The molecule has 4 rings (SSSR count). The molecule has 2 aromatic carbocycles. The highest BCUT2D eigenvalue weighted by Crippen LogP contribution is 2.32. The number of hydrogen-bond donors (Lipinski definition) is 0. The molecule has 0 spiro atoms. The molecule has 0 fully saturated rings. The zero-order valence-corrected chi connectivity index (χ0v) is 19.6. The van der Waals surface area contributed by atoms with Crippen LogP contribution in [0.5, 0.6) is 0 Å². The van der Waals surface area contributed by atoms with Crippen LogP contribution in [-0.2, 0) is 10.5 Å². The molecule has 5 nitrogen and oxygen atoms in total. The molecule has 2 heterocycles. The SMILES string of the molecule is CC(=O)N(c1ccc(C)c(C)c1)c1nc(CSc2nccn2-c2cccc(C)c2)cs1. The van der Waals surface area contributed by atoms with Gasteiger partial charge in [-0.15, -0.1) is 11.3 Å². The molecule has 158 valence electrons. The Bertz CT molecular complexity index is 1230. The van der Waals surface area contributed by atoms with Gasteiger partial charge in [0.25, 0.3) is 0 Å². The van der Waals surface area contributed by atoms with Crippen molar-refractivity contribution in [2.45, 2.75) is 38.6 Å². The monoisotopic (exact) mass is 448 g/mol. The first-order valence-corrected chi connectivity index (χ1v) is 11.8. The Kier molecular flexibility index (Phi) is 6.25. The van der Waals surface area contributed by atoms with Crippen LogP contribution in [0.4, 0.5) is 10.8 Å². The highest BCUT2D eigenvalue weighted by atomic mass is 32.2. The van der Waals surface area contributed by atoms with Gasteiger partial charge in [-0.25, -0.2) is 9.97 Å². The molecule has 0 saturated carbocycles. The third-order valence-corrected chi connectivity index (χ3v) is 6.91. The van der Waals surface area contributed by atoms with E-state index in [0.717, 1.165) is 27.8 Å². The van der Waals surface area contributed by atoms with Crippen LogP contribution >= 0.6 is 23.1 Å². The Hall–Kier alpha value is -2.90. The standard InChI is InChI=1S/C24H24N4OS2/c1-16-6-5-7-21(12-16)27-11-10-25-23(27)30-14-20-15-31-24(26-20)28(19(4)29)22-9-8-17(2)18(3)13-22/h5-13,15H,14H2,1-4H3. The van der Waals surface area contributed by atoms with Gasteiger partial charge in [0.05, 0.1) is 11.4 Å². The Morgan fingerprint density at radius 3 is 2.71 bits per heavy atom. The summed E-state index contributed by atoms with van der Waals surface area (Å²) in [6.45, 7) is 7.78. The number of anilines is 2. The largest absolute Gasteiger partial charge is 0.295 e. The fourth-order valence-electron chi connectivity index (χ4n) is 3.27. The third kappa shape index (κ3) is 4.73. The zero-order chi connectivity index (χ0) is 22.0. The van der Waals surface area contributed by atoms with Crippen LogP contribution < -0.4 is 4.90 Å². The predicted octanol–water partition coefficient (Wildman–Crippen LogP) is 6.23. The van der Waals surface area contributed by atoms with Crippen LogP contribution in [0, 0.1) is 20.8 Å². The summed E-state index contributed by atoms with van der Waals surface area (Å²) < 4.78 is 2.09. The molecule has 4 aromatic rings. The molecule has 7 heteroatoms. The van der Waals surface area contributed by atoms with Gasteiger partial charge in [-0.1, -0.05) is 30.0 Å². The number of thiazole rings is 1. The van der Waals surface area contributed by atoms with Gasteiger partial charge in [0.1, 0.15) is 0 Å². The number of rotatable bonds is 6. The van der Waals surface area contributed by atoms with Gasteiger partial charge in [-0.2, -0.15) is 0 Å². The maximum absolute atomic E-state index is 12.4. The van der Waals surface area contributed by atoms with Crippen LogP contribution in [-0.4, -0.2) is 20.4 Å². The molecule has 0 N–H and O–H groups in total. The van der Waals surface area contributed by atoms with Crippen molar-refractivity contribution in [2.75, 3.05) is 4.90 Å². The summed E-state index contributed by atoms with van der Waals surface area (Å²) >= 11 is 3.12. The number of aryl methyl sites for hydroxylation is 3. The molecule has 0 saturated heterocycles. The second-order valence-corrected chi connectivity index (χ2v) is 9.23. The molecule has 0 aliphatic rings. The summed E-state index contributed by atoms with van der Waals surface area (Å²) in [5.41, 5.74) is 6.43. The molecular weight excluding hydrogens is 424 g/mol. The number of nitrogens with zero attached hydrogens (tertiary/aromatic N) is 4. The van der Waals surface area contributed by atoms with Gasteiger partial charge >= 0.3 is 0 Å². The molecule has 0 aliphatic carbocycles. The normalized spacial score (nSPS) is 11.0. The predicted molar refractivity (Wildman–Crippen MR) is 129 cm³/mol. The van der Waals surface area contributed by atoms with E-state index >= 15 is 0 Å². The second kappa shape index (κ2) is 9.08. The van der Waals surface area contributed by atoms with Gasteiger partial charge in [-0.05, 0) is 61.7 Å². The second-order valence-electron chi connectivity index (χ2n) is 7.45. The molecule has 2 aromatic heterocycles. The van der Waals surface area contributed by atoms with E-state index in [1.165, 1.54) is 22.5 Å². The van der Waals surface area contributed by atoms with Gasteiger partial charge < -0.3 is 0 Å². The van der Waals surface area contributed by atoms with Crippen LogP contribution in [0.25, 0.3) is 5.69 Å². The zero-order valence-electron chi connectivity index (χ0n) is 18.0. The molecule has 0 bridgehead atoms. The van der Waals surface area contributed by atoms with Crippen molar-refractivity contribution in [2.24, 2.45) is 0 Å². The summed E-state index contributed by atoms with van der Waals surface area (Å²) in [6, 6.07) is 14.4. The smallest absolute Gasteiger partial charge is 0.230 e. The van der Waals surface area contributed by atoms with Gasteiger partial charge in [-0.3, -0.25) is 14.3 Å². The summed E-state index contributed by atoms with van der Waals surface area (Å²) in [6.07, 6.45) is 3.79. The number of hydrogen-bond acceptors (Lipinski definition) is 5. The van der Waals surface area contributed by atoms with E-state index in [-0.39, 0.29) is 5.91 Å². The average molecular weight is 449 g/mol. The molecule has 1 amide bonds. The van der Waals surface area contributed by atoms with E-state index in [2.05, 4.69) is 54.6 Å². The first-order chi connectivity index (χ1) is 14.9. The fourth-order valence-corrected chi connectivity index (χ4v) is 5.12. The van der Waals surface area contributed by atoms with Crippen molar-refractivity contribution in [3.05, 3.63) is 82.6 Å². The Labute approximate surface area is 190 Å². The minimum Gasteiger partial charge on any atom is -0.295 e. The molecular formula is C24H24N4OS2. The molecule has 0 atom stereocenters. The molecule has 0 radical (unpaired) electrons. The van der Waals surface area contributed by atoms with Crippen LogP contribution in [0.3, 0.4) is 0 Å². The Morgan fingerprint density at radius 1 is 1.13 bits per heavy atom. The lowest BCUT2D eigenvalue weighted by atomic mass is 10.1. The van der Waals surface area contributed by atoms with Crippen molar-refractivity contribution in [3.63, 3.8) is 0 Å². The maximum Gasteiger partial charge on any atom is 0.230 e. The summed E-state index contributed by atoms with van der Waals surface area (Å²) in [4.78, 5) is 23.3. The summed E-state index contributed by atoms with van der Waals surface area (Å²) in [7, 11) is 0. The number of amides is 1. The van der Waals surface area contributed by atoms with Crippen molar-refractivity contribution < 1.29 is 4.79 Å². The maximum atomic E-state index is 12.4. The number of thioether (sulfide) groups is 1. The van der Waals surface area contributed by atoms with Gasteiger partial charge in [0.15, 0.2) is 10.3 Å². The Balaban J connectivity index is 1.52. The fraction of sp³-hybridized carbons (Fsp3) is 0.208. The quantitative estimate of drug-likeness (QED) is 0.328. The number of aromatic nitrogens is 3. The highest BCUT2D eigenvalue weighted by Gasteiger charge is 2.19. The minimum absolute atomic E-state index is 0.0493. The topological polar surface area (TPSA) is 51.0 Å². The van der Waals surface area contributed by atoms with Crippen LogP contribution in [0.15, 0.2) is 65.4 Å². The number of benzene rings is 2. The first kappa shape index (κ1) is 21.3. The minimum atomic E-state index is -0.0493. The van der Waals surface area contributed by atoms with Crippen molar-refractivity contribution in [3.8, 4) is 5.69 Å². The third-order valence-electron chi connectivity index (χ3n) is 5.03. The average Bonchev–Trinajstić information content (AvgIpc) is 3.38. The van der Waals surface area contributed by atoms with Gasteiger partial charge in [0.2, 0.25) is 5.91 Å².